The first kappa shape index (κ1) is 16.4. The molecule has 1 amide bonds. The zero-order valence-corrected chi connectivity index (χ0v) is 13.1. The molecule has 1 fully saturated rings. The molecule has 2 heterocycles. The third kappa shape index (κ3) is 4.08. The predicted octanol–water partition coefficient (Wildman–Crippen LogP) is 2.32. The molecule has 1 aromatic heterocycles. The summed E-state index contributed by atoms with van der Waals surface area (Å²) in [4.78, 5) is 17.9. The van der Waals surface area contributed by atoms with Gasteiger partial charge < -0.3 is 14.7 Å². The van der Waals surface area contributed by atoms with E-state index in [2.05, 4.69) is 4.98 Å². The number of hydrogen-bond donors (Lipinski definition) is 1. The topological polar surface area (TPSA) is 62.7 Å². The Kier molecular flexibility index (Phi) is 5.05. The van der Waals surface area contributed by atoms with Crippen molar-refractivity contribution in [3.8, 4) is 5.75 Å². The third-order valence-electron chi connectivity index (χ3n) is 4.05. The molecule has 1 N–H and O–H groups in total. The van der Waals surface area contributed by atoms with E-state index in [-0.39, 0.29) is 18.4 Å². The molecule has 0 bridgehead atoms. The smallest absolute Gasteiger partial charge is 0.225 e. The van der Waals surface area contributed by atoms with Crippen molar-refractivity contribution in [3.05, 3.63) is 60.2 Å². The van der Waals surface area contributed by atoms with Gasteiger partial charge in [-0.3, -0.25) is 9.78 Å². The summed E-state index contributed by atoms with van der Waals surface area (Å²) in [5, 5.41) is 10.1. The number of carbonyl (C=O) groups is 1. The molecular weight excluding hydrogens is 311 g/mol. The number of benzene rings is 1. The number of aromatic nitrogens is 1. The monoisotopic (exact) mass is 330 g/mol. The minimum absolute atomic E-state index is 0.0641. The fourth-order valence-electron chi connectivity index (χ4n) is 2.79. The lowest BCUT2D eigenvalue weighted by Gasteiger charge is -2.19. The van der Waals surface area contributed by atoms with Crippen LogP contribution < -0.4 is 4.74 Å². The van der Waals surface area contributed by atoms with Gasteiger partial charge >= 0.3 is 0 Å². The number of ether oxygens (including phenoxy) is 1. The molecule has 1 aliphatic heterocycles. The van der Waals surface area contributed by atoms with Gasteiger partial charge in [0.2, 0.25) is 5.91 Å². The number of likely N-dealkylation sites (tertiary alicyclic amines) is 1. The van der Waals surface area contributed by atoms with E-state index in [1.165, 1.54) is 18.2 Å². The summed E-state index contributed by atoms with van der Waals surface area (Å²) >= 11 is 0. The lowest BCUT2D eigenvalue weighted by atomic mass is 10.1. The quantitative estimate of drug-likeness (QED) is 0.914. The zero-order valence-electron chi connectivity index (χ0n) is 13.1. The van der Waals surface area contributed by atoms with Crippen LogP contribution in [-0.2, 0) is 4.79 Å². The van der Waals surface area contributed by atoms with E-state index < -0.39 is 11.9 Å². The highest BCUT2D eigenvalue weighted by molar-refractivity contribution is 5.77. The highest BCUT2D eigenvalue weighted by Gasteiger charge is 2.28. The van der Waals surface area contributed by atoms with E-state index in [9.17, 15) is 14.3 Å². The van der Waals surface area contributed by atoms with Crippen LogP contribution in [0.5, 0.6) is 5.75 Å². The van der Waals surface area contributed by atoms with E-state index in [0.29, 0.717) is 18.7 Å². The average molecular weight is 330 g/mol. The van der Waals surface area contributed by atoms with Crippen LogP contribution in [0.3, 0.4) is 0 Å². The van der Waals surface area contributed by atoms with Crippen molar-refractivity contribution in [2.45, 2.75) is 25.0 Å². The van der Waals surface area contributed by atoms with E-state index in [4.69, 9.17) is 4.74 Å². The van der Waals surface area contributed by atoms with E-state index >= 15 is 0 Å². The maximum absolute atomic E-state index is 13.2. The maximum Gasteiger partial charge on any atom is 0.225 e. The number of aliphatic hydroxyl groups is 1. The molecular formula is C18H19FN2O3. The summed E-state index contributed by atoms with van der Waals surface area (Å²) in [6.07, 6.45) is 2.91. The Bertz CT molecular complexity index is 696. The van der Waals surface area contributed by atoms with Gasteiger partial charge in [-0.25, -0.2) is 4.39 Å². The van der Waals surface area contributed by atoms with Gasteiger partial charge in [0, 0.05) is 25.4 Å². The van der Waals surface area contributed by atoms with Crippen molar-refractivity contribution >= 4 is 5.91 Å². The molecule has 0 aliphatic carbocycles. The van der Waals surface area contributed by atoms with Crippen molar-refractivity contribution < 1.29 is 19.0 Å². The number of hydrogen-bond acceptors (Lipinski definition) is 4. The Morgan fingerprint density at radius 1 is 1.38 bits per heavy atom. The van der Waals surface area contributed by atoms with Crippen molar-refractivity contribution in [1.82, 2.24) is 9.88 Å². The predicted molar refractivity (Wildman–Crippen MR) is 85.8 cm³/mol. The maximum atomic E-state index is 13.2. The van der Waals surface area contributed by atoms with Crippen molar-refractivity contribution in [2.24, 2.45) is 0 Å². The van der Waals surface area contributed by atoms with Gasteiger partial charge in [0.05, 0.1) is 19.1 Å². The fourth-order valence-corrected chi connectivity index (χ4v) is 2.79. The highest BCUT2D eigenvalue weighted by atomic mass is 19.1. The molecule has 6 heteroatoms. The number of aliphatic hydroxyl groups excluding tert-OH is 1. The van der Waals surface area contributed by atoms with Crippen LogP contribution in [0.4, 0.5) is 4.39 Å². The molecule has 24 heavy (non-hydrogen) atoms. The minimum Gasteiger partial charge on any atom is -0.488 e. The first-order chi connectivity index (χ1) is 11.6. The molecule has 3 rings (SSSR count). The molecule has 1 aromatic carbocycles. The SMILES string of the molecule is O=C(CC(O)c1cccc(F)c1)N1CCC(Oc2ccncc2)C1. The summed E-state index contributed by atoms with van der Waals surface area (Å²) in [5.74, 6) is 0.141. The van der Waals surface area contributed by atoms with Crippen LogP contribution in [0.15, 0.2) is 48.8 Å². The van der Waals surface area contributed by atoms with Crippen LogP contribution in [0.25, 0.3) is 0 Å². The Labute approximate surface area is 139 Å². The number of carbonyl (C=O) groups excluding carboxylic acids is 1. The van der Waals surface area contributed by atoms with Crippen molar-refractivity contribution in [2.75, 3.05) is 13.1 Å². The van der Waals surface area contributed by atoms with Crippen LogP contribution in [0.2, 0.25) is 0 Å². The van der Waals surface area contributed by atoms with Gasteiger partial charge in [0.1, 0.15) is 17.7 Å². The van der Waals surface area contributed by atoms with Crippen molar-refractivity contribution in [3.63, 3.8) is 0 Å². The van der Waals surface area contributed by atoms with E-state index in [1.54, 1.807) is 35.5 Å². The molecule has 2 aromatic rings. The van der Waals surface area contributed by atoms with E-state index in [0.717, 1.165) is 12.2 Å². The Hall–Kier alpha value is -2.47. The van der Waals surface area contributed by atoms with Gasteiger partial charge in [-0.1, -0.05) is 12.1 Å². The molecule has 126 valence electrons. The van der Waals surface area contributed by atoms with Gasteiger partial charge in [0.25, 0.3) is 0 Å². The summed E-state index contributed by atoms with van der Waals surface area (Å²) in [6, 6.07) is 9.24. The first-order valence-electron chi connectivity index (χ1n) is 7.90. The lowest BCUT2D eigenvalue weighted by molar-refractivity contribution is -0.132. The first-order valence-corrected chi connectivity index (χ1v) is 7.90. The van der Waals surface area contributed by atoms with Gasteiger partial charge in [-0.15, -0.1) is 0 Å². The standard InChI is InChI=1S/C18H19FN2O3/c19-14-3-1-2-13(10-14)17(22)11-18(23)21-9-6-16(12-21)24-15-4-7-20-8-5-15/h1-5,7-8,10,16-17,22H,6,9,11-12H2. The summed E-state index contributed by atoms with van der Waals surface area (Å²) in [6.45, 7) is 1.07. The minimum atomic E-state index is -1.01. The number of rotatable bonds is 5. The molecule has 2 atom stereocenters. The largest absolute Gasteiger partial charge is 0.488 e. The molecule has 1 aliphatic rings. The van der Waals surface area contributed by atoms with Crippen LogP contribution in [0, 0.1) is 5.82 Å². The molecule has 5 nitrogen and oxygen atoms in total. The summed E-state index contributed by atoms with van der Waals surface area (Å²) < 4.78 is 19.0. The number of nitrogens with zero attached hydrogens (tertiary/aromatic N) is 2. The second-order valence-electron chi connectivity index (χ2n) is 5.83. The Balaban J connectivity index is 1.53. The van der Waals surface area contributed by atoms with Crippen LogP contribution in [0.1, 0.15) is 24.5 Å². The summed E-state index contributed by atoms with van der Waals surface area (Å²) in [7, 11) is 0. The van der Waals surface area contributed by atoms with Gasteiger partial charge in [0.15, 0.2) is 0 Å². The summed E-state index contributed by atoms with van der Waals surface area (Å²) in [5.41, 5.74) is 0.409. The molecule has 1 saturated heterocycles. The van der Waals surface area contributed by atoms with Crippen LogP contribution >= 0.6 is 0 Å². The highest BCUT2D eigenvalue weighted by Crippen LogP contribution is 2.22. The average Bonchev–Trinajstić information content (AvgIpc) is 3.04. The van der Waals surface area contributed by atoms with Gasteiger partial charge in [-0.05, 0) is 29.8 Å². The fraction of sp³-hybridized carbons (Fsp3) is 0.333. The Morgan fingerprint density at radius 3 is 2.92 bits per heavy atom. The van der Waals surface area contributed by atoms with Crippen LogP contribution in [-0.4, -0.2) is 40.1 Å². The number of halogens is 1. The molecule has 0 radical (unpaired) electrons. The van der Waals surface area contributed by atoms with Gasteiger partial charge in [-0.2, -0.15) is 0 Å². The number of pyridine rings is 1. The normalized spacial score (nSPS) is 18.4. The second-order valence-corrected chi connectivity index (χ2v) is 5.83. The second kappa shape index (κ2) is 7.40. The lowest BCUT2D eigenvalue weighted by Crippen LogP contribution is -2.31. The third-order valence-corrected chi connectivity index (χ3v) is 4.05. The zero-order chi connectivity index (χ0) is 16.9. The molecule has 0 spiro atoms. The number of amides is 1. The van der Waals surface area contributed by atoms with Crippen molar-refractivity contribution in [1.29, 1.82) is 0 Å². The molecule has 2 unspecified atom stereocenters. The molecule has 0 saturated carbocycles. The Morgan fingerprint density at radius 2 is 2.17 bits per heavy atom. The van der Waals surface area contributed by atoms with E-state index in [1.807, 2.05) is 0 Å².